The number of amides is 1. The van der Waals surface area contributed by atoms with Crippen LogP contribution in [0.5, 0.6) is 5.75 Å². The fourth-order valence-corrected chi connectivity index (χ4v) is 4.80. The lowest BCUT2D eigenvalue weighted by Crippen LogP contribution is -2.48. The van der Waals surface area contributed by atoms with E-state index in [2.05, 4.69) is 28.9 Å². The van der Waals surface area contributed by atoms with Crippen molar-refractivity contribution >= 4 is 28.7 Å². The lowest BCUT2D eigenvalue weighted by atomic mass is 9.98. The van der Waals surface area contributed by atoms with Gasteiger partial charge in [-0.05, 0) is 57.4 Å². The number of aromatic nitrogens is 4. The zero-order valence-corrected chi connectivity index (χ0v) is 17.7. The fraction of sp³-hybridized carbons (Fsp3) is 0.429. The van der Waals surface area contributed by atoms with Gasteiger partial charge in [-0.3, -0.25) is 4.79 Å². The predicted octanol–water partition coefficient (Wildman–Crippen LogP) is 3.71. The van der Waals surface area contributed by atoms with Crippen molar-refractivity contribution in [2.24, 2.45) is 0 Å². The van der Waals surface area contributed by atoms with Gasteiger partial charge in [0.25, 0.3) is 0 Å². The Bertz CT molecular complexity index is 994. The Labute approximate surface area is 174 Å². The Kier molecular flexibility index (Phi) is 5.71. The number of ether oxygens (including phenoxy) is 1. The summed E-state index contributed by atoms with van der Waals surface area (Å²) in [6, 6.07) is 8.25. The Hall–Kier alpha value is -2.61. The lowest BCUT2D eigenvalue weighted by Gasteiger charge is -2.39. The Balaban J connectivity index is 1.54. The summed E-state index contributed by atoms with van der Waals surface area (Å²) in [6.07, 6.45) is 6.64. The molecule has 2 unspecified atom stereocenters. The van der Waals surface area contributed by atoms with Crippen molar-refractivity contribution in [3.05, 3.63) is 36.8 Å². The number of fused-ring (bicyclic) bond motifs is 1. The van der Waals surface area contributed by atoms with E-state index in [4.69, 9.17) is 4.74 Å². The van der Waals surface area contributed by atoms with E-state index in [1.807, 2.05) is 29.2 Å². The summed E-state index contributed by atoms with van der Waals surface area (Å²) in [4.78, 5) is 23.7. The lowest BCUT2D eigenvalue weighted by molar-refractivity contribution is -0.134. The van der Waals surface area contributed by atoms with Crippen LogP contribution in [0.4, 0.5) is 0 Å². The van der Waals surface area contributed by atoms with Crippen LogP contribution in [0.1, 0.15) is 33.1 Å². The Morgan fingerprint density at radius 2 is 1.90 bits per heavy atom. The highest BCUT2D eigenvalue weighted by Gasteiger charge is 2.28. The summed E-state index contributed by atoms with van der Waals surface area (Å²) < 4.78 is 6.99. The minimum Gasteiger partial charge on any atom is -0.497 e. The van der Waals surface area contributed by atoms with Crippen LogP contribution in [-0.2, 0) is 4.79 Å². The standard InChI is InChI=1S/C21H25N5O2S/c1-14-5-4-6-15(2)25(14)19(27)12-29-21-18-11-24-26(20(18)22-13-23-21)16-7-9-17(28-3)10-8-16/h7-11,13-15H,4-6,12H2,1-3H3. The third-order valence-electron chi connectivity index (χ3n) is 5.46. The molecule has 7 nitrogen and oxygen atoms in total. The number of nitrogens with zero attached hydrogens (tertiary/aromatic N) is 5. The average Bonchev–Trinajstić information content (AvgIpc) is 3.17. The van der Waals surface area contributed by atoms with Gasteiger partial charge in [0.2, 0.25) is 5.91 Å². The number of benzene rings is 1. The van der Waals surface area contributed by atoms with Gasteiger partial charge < -0.3 is 9.64 Å². The molecule has 0 aliphatic carbocycles. The number of piperidine rings is 1. The van der Waals surface area contributed by atoms with E-state index in [-0.39, 0.29) is 5.91 Å². The molecule has 29 heavy (non-hydrogen) atoms. The number of rotatable bonds is 5. The molecule has 3 aromatic rings. The van der Waals surface area contributed by atoms with Crippen molar-refractivity contribution in [2.75, 3.05) is 12.9 Å². The number of methoxy groups -OCH3 is 1. The van der Waals surface area contributed by atoms with Crippen LogP contribution in [0.2, 0.25) is 0 Å². The van der Waals surface area contributed by atoms with Crippen LogP contribution in [0.3, 0.4) is 0 Å². The van der Waals surface area contributed by atoms with Crippen LogP contribution in [-0.4, -0.2) is 55.5 Å². The maximum Gasteiger partial charge on any atom is 0.233 e. The first kappa shape index (κ1) is 19.7. The molecular formula is C21H25N5O2S. The molecule has 2 atom stereocenters. The molecule has 1 fully saturated rings. The van der Waals surface area contributed by atoms with Crippen LogP contribution >= 0.6 is 11.8 Å². The number of thioether (sulfide) groups is 1. The molecule has 1 saturated heterocycles. The number of hydrogen-bond donors (Lipinski definition) is 0. The zero-order valence-electron chi connectivity index (χ0n) is 16.9. The maximum absolute atomic E-state index is 12.8. The first-order chi connectivity index (χ1) is 14.1. The molecule has 1 aromatic carbocycles. The summed E-state index contributed by atoms with van der Waals surface area (Å²) >= 11 is 1.45. The van der Waals surface area contributed by atoms with Gasteiger partial charge in [0, 0.05) is 12.1 Å². The molecule has 1 amide bonds. The molecule has 0 N–H and O–H groups in total. The van der Waals surface area contributed by atoms with E-state index in [0.29, 0.717) is 17.8 Å². The van der Waals surface area contributed by atoms with Gasteiger partial charge in [0.05, 0.1) is 30.1 Å². The van der Waals surface area contributed by atoms with Crippen LogP contribution in [0.25, 0.3) is 16.7 Å². The van der Waals surface area contributed by atoms with Crippen molar-refractivity contribution in [3.8, 4) is 11.4 Å². The Morgan fingerprint density at radius 1 is 1.17 bits per heavy atom. The first-order valence-electron chi connectivity index (χ1n) is 9.85. The van der Waals surface area contributed by atoms with Gasteiger partial charge >= 0.3 is 0 Å². The molecule has 8 heteroatoms. The van der Waals surface area contributed by atoms with Crippen LogP contribution < -0.4 is 4.74 Å². The largest absolute Gasteiger partial charge is 0.497 e. The van der Waals surface area contributed by atoms with Gasteiger partial charge in [-0.1, -0.05) is 11.8 Å². The maximum atomic E-state index is 12.8. The van der Waals surface area contributed by atoms with Crippen molar-refractivity contribution in [1.82, 2.24) is 24.6 Å². The van der Waals surface area contributed by atoms with Crippen LogP contribution in [0, 0.1) is 0 Å². The van der Waals surface area contributed by atoms with Crippen molar-refractivity contribution in [3.63, 3.8) is 0 Å². The smallest absolute Gasteiger partial charge is 0.233 e. The van der Waals surface area contributed by atoms with E-state index < -0.39 is 0 Å². The molecule has 152 valence electrons. The van der Waals surface area contributed by atoms with Crippen LogP contribution in [0.15, 0.2) is 41.8 Å². The predicted molar refractivity (Wildman–Crippen MR) is 114 cm³/mol. The second-order valence-corrected chi connectivity index (χ2v) is 8.35. The van der Waals surface area contributed by atoms with Crippen molar-refractivity contribution in [1.29, 1.82) is 0 Å². The van der Waals surface area contributed by atoms with Gasteiger partial charge in [0.15, 0.2) is 5.65 Å². The molecule has 0 radical (unpaired) electrons. The van der Waals surface area contributed by atoms with Gasteiger partial charge in [-0.25, -0.2) is 14.6 Å². The van der Waals surface area contributed by atoms with Crippen molar-refractivity contribution in [2.45, 2.75) is 50.2 Å². The van der Waals surface area contributed by atoms with Crippen molar-refractivity contribution < 1.29 is 9.53 Å². The Morgan fingerprint density at radius 3 is 2.59 bits per heavy atom. The van der Waals surface area contributed by atoms with E-state index in [1.165, 1.54) is 24.5 Å². The summed E-state index contributed by atoms with van der Waals surface area (Å²) in [5.41, 5.74) is 1.61. The highest BCUT2D eigenvalue weighted by molar-refractivity contribution is 8.00. The molecule has 0 spiro atoms. The van der Waals surface area contributed by atoms with Gasteiger partial charge in [-0.2, -0.15) is 5.10 Å². The zero-order chi connectivity index (χ0) is 20.4. The molecule has 0 bridgehead atoms. The molecular weight excluding hydrogens is 386 g/mol. The van der Waals surface area contributed by atoms with Gasteiger partial charge in [0.1, 0.15) is 17.1 Å². The number of carbonyl (C=O) groups is 1. The van der Waals surface area contributed by atoms with E-state index in [0.717, 1.165) is 40.3 Å². The highest BCUT2D eigenvalue weighted by Crippen LogP contribution is 2.28. The first-order valence-corrected chi connectivity index (χ1v) is 10.8. The second kappa shape index (κ2) is 8.41. The summed E-state index contributed by atoms with van der Waals surface area (Å²) in [5.74, 6) is 1.33. The summed E-state index contributed by atoms with van der Waals surface area (Å²) in [7, 11) is 1.64. The normalized spacial score (nSPS) is 19.5. The summed E-state index contributed by atoms with van der Waals surface area (Å²) in [5, 5.41) is 6.11. The fourth-order valence-electron chi connectivity index (χ4n) is 3.97. The monoisotopic (exact) mass is 411 g/mol. The quantitative estimate of drug-likeness (QED) is 0.471. The molecule has 0 saturated carbocycles. The molecule has 1 aliphatic heterocycles. The van der Waals surface area contributed by atoms with E-state index >= 15 is 0 Å². The van der Waals surface area contributed by atoms with Gasteiger partial charge in [-0.15, -0.1) is 0 Å². The molecule has 4 rings (SSSR count). The second-order valence-electron chi connectivity index (χ2n) is 7.39. The third-order valence-corrected chi connectivity index (χ3v) is 6.45. The van der Waals surface area contributed by atoms with E-state index in [9.17, 15) is 4.79 Å². The summed E-state index contributed by atoms with van der Waals surface area (Å²) in [6.45, 7) is 4.28. The number of likely N-dealkylation sites (tertiary alicyclic amines) is 1. The average molecular weight is 412 g/mol. The molecule has 2 aromatic heterocycles. The minimum absolute atomic E-state index is 0.170. The minimum atomic E-state index is 0.170. The third kappa shape index (κ3) is 3.94. The SMILES string of the molecule is COc1ccc(-n2ncc3c(SCC(=O)N4C(C)CCCC4C)ncnc32)cc1. The topological polar surface area (TPSA) is 73.1 Å². The molecule has 3 heterocycles. The molecule has 1 aliphatic rings. The number of hydrogen-bond acceptors (Lipinski definition) is 6. The highest BCUT2D eigenvalue weighted by atomic mass is 32.2. The van der Waals surface area contributed by atoms with E-state index in [1.54, 1.807) is 18.0 Å². The number of carbonyl (C=O) groups excluding carboxylic acids is 1.